The summed E-state index contributed by atoms with van der Waals surface area (Å²) in [6, 6.07) is 0. The molecule has 0 bridgehead atoms. The number of rotatable bonds is 7. The Morgan fingerprint density at radius 3 is 2.37 bits per heavy atom. The minimum atomic E-state index is 0.495. The van der Waals surface area contributed by atoms with Gasteiger partial charge in [-0.1, -0.05) is 32.9 Å². The van der Waals surface area contributed by atoms with Crippen LogP contribution in [0.4, 0.5) is 0 Å². The van der Waals surface area contributed by atoms with Gasteiger partial charge in [-0.05, 0) is 56.4 Å². The van der Waals surface area contributed by atoms with Crippen LogP contribution in [0.5, 0.6) is 0 Å². The Kier molecular flexibility index (Phi) is 7.09. The lowest BCUT2D eigenvalue weighted by molar-refractivity contribution is 0.140. The van der Waals surface area contributed by atoms with E-state index in [9.17, 15) is 0 Å². The van der Waals surface area contributed by atoms with E-state index in [4.69, 9.17) is 4.74 Å². The fourth-order valence-corrected chi connectivity index (χ4v) is 2.93. The molecule has 0 aromatic carbocycles. The maximum atomic E-state index is 5.48. The predicted molar refractivity (Wildman–Crippen MR) is 83.4 cm³/mol. The Hall–Kier alpha value is -0.340. The maximum absolute atomic E-state index is 5.48. The summed E-state index contributed by atoms with van der Waals surface area (Å²) in [6.07, 6.45) is 5.59. The second-order valence-electron chi connectivity index (χ2n) is 7.30. The summed E-state index contributed by atoms with van der Waals surface area (Å²) >= 11 is 0. The van der Waals surface area contributed by atoms with E-state index in [0.29, 0.717) is 12.0 Å². The van der Waals surface area contributed by atoms with Gasteiger partial charge in [0.15, 0.2) is 0 Å². The van der Waals surface area contributed by atoms with Crippen molar-refractivity contribution >= 4 is 0 Å². The standard InChI is InChI=1S/C17H33NO/c1-14(2)13-19-11-10-18-12-15-6-8-16(9-7-15)17(3,4)5/h15-16,18H,1,6-13H2,2-5H3. The van der Waals surface area contributed by atoms with Crippen LogP contribution in [0.3, 0.4) is 0 Å². The SMILES string of the molecule is C=C(C)COCCNCC1CCC(C(C)(C)C)CC1. The molecule has 1 rings (SSSR count). The quantitative estimate of drug-likeness (QED) is 0.555. The smallest absolute Gasteiger partial charge is 0.0672 e. The first kappa shape index (κ1) is 16.7. The normalized spacial score (nSPS) is 24.4. The third-order valence-electron chi connectivity index (χ3n) is 4.28. The van der Waals surface area contributed by atoms with Crippen molar-refractivity contribution in [1.29, 1.82) is 0 Å². The first-order chi connectivity index (χ1) is 8.89. The molecule has 0 aromatic heterocycles. The van der Waals surface area contributed by atoms with Crippen LogP contribution < -0.4 is 5.32 Å². The van der Waals surface area contributed by atoms with Gasteiger partial charge < -0.3 is 10.1 Å². The number of hydrogen-bond donors (Lipinski definition) is 1. The van der Waals surface area contributed by atoms with Gasteiger partial charge in [-0.3, -0.25) is 0 Å². The van der Waals surface area contributed by atoms with Gasteiger partial charge in [-0.15, -0.1) is 0 Å². The monoisotopic (exact) mass is 267 g/mol. The van der Waals surface area contributed by atoms with E-state index in [1.807, 2.05) is 6.92 Å². The summed E-state index contributed by atoms with van der Waals surface area (Å²) in [7, 11) is 0. The molecule has 1 saturated carbocycles. The molecule has 0 heterocycles. The molecule has 0 aliphatic heterocycles. The predicted octanol–water partition coefficient (Wildman–Crippen LogP) is 4.02. The molecule has 1 aliphatic rings. The molecule has 0 atom stereocenters. The van der Waals surface area contributed by atoms with E-state index in [1.165, 1.54) is 25.7 Å². The molecule has 0 unspecified atom stereocenters. The number of nitrogens with one attached hydrogen (secondary N) is 1. The van der Waals surface area contributed by atoms with E-state index in [2.05, 4.69) is 32.7 Å². The molecule has 0 saturated heterocycles. The highest BCUT2D eigenvalue weighted by Gasteiger charge is 2.29. The van der Waals surface area contributed by atoms with E-state index in [0.717, 1.165) is 37.1 Å². The average Bonchev–Trinajstić information content (AvgIpc) is 2.32. The molecule has 19 heavy (non-hydrogen) atoms. The zero-order valence-corrected chi connectivity index (χ0v) is 13.4. The lowest BCUT2D eigenvalue weighted by Gasteiger charge is -2.37. The molecule has 1 N–H and O–H groups in total. The first-order valence-corrected chi connectivity index (χ1v) is 7.82. The third kappa shape index (κ3) is 7.12. The number of hydrogen-bond acceptors (Lipinski definition) is 2. The minimum absolute atomic E-state index is 0.495. The molecule has 0 aromatic rings. The van der Waals surface area contributed by atoms with Crippen molar-refractivity contribution in [3.63, 3.8) is 0 Å². The zero-order chi connectivity index (χ0) is 14.3. The lowest BCUT2D eigenvalue weighted by Crippen LogP contribution is -2.32. The lowest BCUT2D eigenvalue weighted by atomic mass is 9.70. The van der Waals surface area contributed by atoms with Gasteiger partial charge in [0, 0.05) is 6.54 Å². The Balaban J connectivity index is 2.02. The van der Waals surface area contributed by atoms with Crippen LogP contribution in [0.25, 0.3) is 0 Å². The van der Waals surface area contributed by atoms with Crippen molar-refractivity contribution in [2.45, 2.75) is 53.4 Å². The van der Waals surface area contributed by atoms with Crippen LogP contribution in [0.2, 0.25) is 0 Å². The molecule has 2 nitrogen and oxygen atoms in total. The Labute approximate surface area is 120 Å². The van der Waals surface area contributed by atoms with Gasteiger partial charge in [0.1, 0.15) is 0 Å². The summed E-state index contributed by atoms with van der Waals surface area (Å²) in [6.45, 7) is 16.6. The van der Waals surface area contributed by atoms with E-state index in [1.54, 1.807) is 0 Å². The third-order valence-corrected chi connectivity index (χ3v) is 4.28. The Bertz CT molecular complexity index is 259. The van der Waals surface area contributed by atoms with E-state index in [-0.39, 0.29) is 0 Å². The minimum Gasteiger partial charge on any atom is -0.376 e. The van der Waals surface area contributed by atoms with Crippen LogP contribution in [0, 0.1) is 17.3 Å². The van der Waals surface area contributed by atoms with Crippen molar-refractivity contribution < 1.29 is 4.74 Å². The number of ether oxygens (including phenoxy) is 1. The van der Waals surface area contributed by atoms with Crippen LogP contribution in [0.15, 0.2) is 12.2 Å². The molecular weight excluding hydrogens is 234 g/mol. The second-order valence-corrected chi connectivity index (χ2v) is 7.30. The van der Waals surface area contributed by atoms with Gasteiger partial charge in [0.25, 0.3) is 0 Å². The summed E-state index contributed by atoms with van der Waals surface area (Å²) in [5, 5.41) is 3.53. The fraction of sp³-hybridized carbons (Fsp3) is 0.882. The summed E-state index contributed by atoms with van der Waals surface area (Å²) in [5.74, 6) is 1.79. The topological polar surface area (TPSA) is 21.3 Å². The molecule has 0 amide bonds. The van der Waals surface area contributed by atoms with Gasteiger partial charge >= 0.3 is 0 Å². The largest absolute Gasteiger partial charge is 0.376 e. The zero-order valence-electron chi connectivity index (χ0n) is 13.4. The molecule has 112 valence electrons. The van der Waals surface area contributed by atoms with Crippen LogP contribution in [-0.2, 0) is 4.74 Å². The van der Waals surface area contributed by atoms with Crippen molar-refractivity contribution in [2.24, 2.45) is 17.3 Å². The van der Waals surface area contributed by atoms with Crippen LogP contribution in [0.1, 0.15) is 53.4 Å². The summed E-state index contributed by atoms with van der Waals surface area (Å²) < 4.78 is 5.48. The highest BCUT2D eigenvalue weighted by molar-refractivity contribution is 4.87. The first-order valence-electron chi connectivity index (χ1n) is 7.82. The molecule has 1 fully saturated rings. The second kappa shape index (κ2) is 8.06. The molecule has 0 radical (unpaired) electrons. The molecule has 2 heteroatoms. The van der Waals surface area contributed by atoms with Crippen molar-refractivity contribution in [2.75, 3.05) is 26.3 Å². The highest BCUT2D eigenvalue weighted by Crippen LogP contribution is 2.39. The van der Waals surface area contributed by atoms with Gasteiger partial charge in [0.05, 0.1) is 13.2 Å². The fourth-order valence-electron chi connectivity index (χ4n) is 2.93. The van der Waals surface area contributed by atoms with Gasteiger partial charge in [0.2, 0.25) is 0 Å². The molecule has 1 aliphatic carbocycles. The van der Waals surface area contributed by atoms with Crippen LogP contribution in [-0.4, -0.2) is 26.3 Å². The van der Waals surface area contributed by atoms with Gasteiger partial charge in [-0.25, -0.2) is 0 Å². The Morgan fingerprint density at radius 1 is 1.21 bits per heavy atom. The molecule has 0 spiro atoms. The molecular formula is C17H33NO. The Morgan fingerprint density at radius 2 is 1.84 bits per heavy atom. The van der Waals surface area contributed by atoms with Gasteiger partial charge in [-0.2, -0.15) is 0 Å². The average molecular weight is 267 g/mol. The van der Waals surface area contributed by atoms with E-state index >= 15 is 0 Å². The van der Waals surface area contributed by atoms with Crippen molar-refractivity contribution in [1.82, 2.24) is 5.32 Å². The van der Waals surface area contributed by atoms with E-state index < -0.39 is 0 Å². The highest BCUT2D eigenvalue weighted by atomic mass is 16.5. The summed E-state index contributed by atoms with van der Waals surface area (Å²) in [5.41, 5.74) is 1.59. The maximum Gasteiger partial charge on any atom is 0.0672 e. The van der Waals surface area contributed by atoms with Crippen molar-refractivity contribution in [3.8, 4) is 0 Å². The van der Waals surface area contributed by atoms with Crippen molar-refractivity contribution in [3.05, 3.63) is 12.2 Å². The van der Waals surface area contributed by atoms with Crippen LogP contribution >= 0.6 is 0 Å². The summed E-state index contributed by atoms with van der Waals surface area (Å²) in [4.78, 5) is 0.